The van der Waals surface area contributed by atoms with Crippen molar-refractivity contribution in [1.29, 1.82) is 0 Å². The number of hydrogen-bond acceptors (Lipinski definition) is 5. The number of fused-ring (bicyclic) bond motifs is 1. The Labute approximate surface area is 230 Å². The summed E-state index contributed by atoms with van der Waals surface area (Å²) in [5.41, 5.74) is 0.953. The van der Waals surface area contributed by atoms with Crippen molar-refractivity contribution in [3.63, 3.8) is 0 Å². The molecule has 4 atom stereocenters. The largest absolute Gasteiger partial charge is 0.483 e. The van der Waals surface area contributed by atoms with Crippen molar-refractivity contribution in [3.8, 4) is 5.75 Å². The quantitative estimate of drug-likeness (QED) is 0.241. The molecule has 0 spiro atoms. The van der Waals surface area contributed by atoms with Gasteiger partial charge in [0, 0.05) is 5.56 Å². The van der Waals surface area contributed by atoms with Crippen molar-refractivity contribution >= 4 is 21.0 Å². The van der Waals surface area contributed by atoms with E-state index in [9.17, 15) is 17.2 Å². The lowest BCUT2D eigenvalue weighted by atomic mass is 9.95. The highest BCUT2D eigenvalue weighted by Crippen LogP contribution is 2.43. The van der Waals surface area contributed by atoms with Crippen LogP contribution in [0.5, 0.6) is 5.75 Å². The van der Waals surface area contributed by atoms with Crippen LogP contribution in [0.2, 0.25) is 0 Å². The molecule has 1 saturated carbocycles. The SMILES string of the molecule is CC(Oc1ccc([S+](c2ccccc2)c2ccc(C3(C)OC4CCCCC4O3)cc2)cc1)C(F)(F)S(=O)(=O)O. The summed E-state index contributed by atoms with van der Waals surface area (Å²) in [7, 11) is -6.13. The Morgan fingerprint density at radius 1 is 0.897 bits per heavy atom. The van der Waals surface area contributed by atoms with Crippen molar-refractivity contribution in [2.45, 2.75) is 83.6 Å². The van der Waals surface area contributed by atoms with Gasteiger partial charge in [0.05, 0.1) is 23.1 Å². The fraction of sp³-hybridized carbons (Fsp3) is 0.379. The lowest BCUT2D eigenvalue weighted by molar-refractivity contribution is -0.169. The molecule has 0 radical (unpaired) electrons. The van der Waals surface area contributed by atoms with Gasteiger partial charge in [0.2, 0.25) is 0 Å². The topological polar surface area (TPSA) is 82.1 Å². The second-order valence-electron chi connectivity index (χ2n) is 9.95. The zero-order chi connectivity index (χ0) is 27.8. The number of halogens is 2. The predicted octanol–water partition coefficient (Wildman–Crippen LogP) is 6.56. The molecule has 3 aromatic carbocycles. The maximum atomic E-state index is 13.9. The minimum Gasteiger partial charge on any atom is -0.483 e. The van der Waals surface area contributed by atoms with Gasteiger partial charge in [-0.3, -0.25) is 4.55 Å². The zero-order valence-corrected chi connectivity index (χ0v) is 23.3. The molecule has 1 heterocycles. The Morgan fingerprint density at radius 3 is 1.90 bits per heavy atom. The Morgan fingerprint density at radius 2 is 1.38 bits per heavy atom. The smallest absolute Gasteiger partial charge is 0.405 e. The lowest BCUT2D eigenvalue weighted by Crippen LogP contribution is -2.42. The number of benzene rings is 3. The standard InChI is InChI=1S/C29H30F2O6S2/c1-20(29(30,31)39(32,33)34)35-22-14-18-25(19-15-22)38(23-8-4-3-5-9-23)24-16-12-21(13-17-24)28(2)36-26-10-6-7-11-27(26)37-28/h3-5,8-9,12-20,26-27H,6-7,10-11H2,1-2H3/p+1. The molecule has 39 heavy (non-hydrogen) atoms. The summed E-state index contributed by atoms with van der Waals surface area (Å²) in [5.74, 6) is -0.727. The van der Waals surface area contributed by atoms with E-state index in [2.05, 4.69) is 12.1 Å². The van der Waals surface area contributed by atoms with Crippen LogP contribution in [0.4, 0.5) is 8.78 Å². The predicted molar refractivity (Wildman–Crippen MR) is 144 cm³/mol. The number of alkyl halides is 2. The van der Waals surface area contributed by atoms with E-state index in [1.54, 1.807) is 12.1 Å². The average molecular weight is 578 g/mol. The van der Waals surface area contributed by atoms with Gasteiger partial charge >= 0.3 is 15.4 Å². The molecule has 6 nitrogen and oxygen atoms in total. The molecular weight excluding hydrogens is 546 g/mol. The van der Waals surface area contributed by atoms with Crippen LogP contribution >= 0.6 is 0 Å². The average Bonchev–Trinajstić information content (AvgIpc) is 3.27. The third-order valence-corrected chi connectivity index (χ3v) is 10.4. The second kappa shape index (κ2) is 10.8. The van der Waals surface area contributed by atoms with Gasteiger partial charge in [0.25, 0.3) is 0 Å². The molecule has 1 N–H and O–H groups in total. The Hall–Kier alpha value is -2.50. The van der Waals surface area contributed by atoms with Crippen LogP contribution < -0.4 is 4.74 Å². The van der Waals surface area contributed by atoms with Gasteiger partial charge < -0.3 is 14.2 Å². The highest BCUT2D eigenvalue weighted by Gasteiger charge is 2.51. The van der Waals surface area contributed by atoms with Crippen molar-refractivity contribution in [2.75, 3.05) is 0 Å². The van der Waals surface area contributed by atoms with Crippen LogP contribution in [-0.4, -0.2) is 36.5 Å². The van der Waals surface area contributed by atoms with E-state index in [0.717, 1.165) is 52.9 Å². The first-order valence-electron chi connectivity index (χ1n) is 12.8. The normalized spacial score (nSPS) is 25.1. The number of hydrogen-bond donors (Lipinski definition) is 1. The van der Waals surface area contributed by atoms with Gasteiger partial charge in [-0.2, -0.15) is 17.2 Å². The van der Waals surface area contributed by atoms with E-state index >= 15 is 0 Å². The number of rotatable bonds is 8. The van der Waals surface area contributed by atoms with Crippen LogP contribution in [0.3, 0.4) is 0 Å². The highest BCUT2D eigenvalue weighted by molar-refractivity contribution is 7.97. The first kappa shape index (κ1) is 28.0. The minimum absolute atomic E-state index is 0.0615. The zero-order valence-electron chi connectivity index (χ0n) is 21.6. The summed E-state index contributed by atoms with van der Waals surface area (Å²) >= 11 is 0. The van der Waals surface area contributed by atoms with Crippen LogP contribution in [0.1, 0.15) is 45.1 Å². The van der Waals surface area contributed by atoms with E-state index < -0.39 is 38.2 Å². The minimum atomic E-state index is -5.61. The van der Waals surface area contributed by atoms with E-state index in [1.807, 2.05) is 49.4 Å². The Kier molecular flexibility index (Phi) is 7.78. The van der Waals surface area contributed by atoms with Crippen molar-refractivity contribution in [3.05, 3.63) is 84.4 Å². The summed E-state index contributed by atoms with van der Waals surface area (Å²) < 4.78 is 76.7. The molecule has 4 unspecified atom stereocenters. The molecular formula is C29H31F2O6S2+. The van der Waals surface area contributed by atoms with Crippen LogP contribution in [0.15, 0.2) is 93.5 Å². The third kappa shape index (κ3) is 5.71. The summed E-state index contributed by atoms with van der Waals surface area (Å²) in [6.07, 6.45) is 2.52. The first-order valence-corrected chi connectivity index (χ1v) is 15.5. The van der Waals surface area contributed by atoms with Gasteiger partial charge in [-0.25, -0.2) is 0 Å². The molecule has 0 aromatic heterocycles. The molecule has 0 bridgehead atoms. The fourth-order valence-electron chi connectivity index (χ4n) is 5.07. The van der Waals surface area contributed by atoms with E-state index in [1.165, 1.54) is 12.1 Å². The molecule has 0 amide bonds. The summed E-state index contributed by atoms with van der Waals surface area (Å²) in [4.78, 5) is 3.03. The molecule has 2 fully saturated rings. The summed E-state index contributed by atoms with van der Waals surface area (Å²) in [5, 5.41) is -4.44. The van der Waals surface area contributed by atoms with Crippen LogP contribution in [0, 0.1) is 0 Å². The molecule has 1 aliphatic carbocycles. The summed E-state index contributed by atoms with van der Waals surface area (Å²) in [6.45, 7) is 2.87. The molecule has 3 aromatic rings. The maximum Gasteiger partial charge on any atom is 0.405 e. The lowest BCUT2D eigenvalue weighted by Gasteiger charge is -2.24. The van der Waals surface area contributed by atoms with Gasteiger partial charge in [0.15, 0.2) is 26.6 Å². The molecule has 1 saturated heterocycles. The molecule has 10 heteroatoms. The highest BCUT2D eigenvalue weighted by atomic mass is 32.2. The van der Waals surface area contributed by atoms with Gasteiger partial charge in [-0.15, -0.1) is 0 Å². The van der Waals surface area contributed by atoms with E-state index in [4.69, 9.17) is 18.8 Å². The van der Waals surface area contributed by atoms with Crippen LogP contribution in [-0.2, 0) is 36.3 Å². The van der Waals surface area contributed by atoms with Gasteiger partial charge in [-0.05, 0) is 87.4 Å². The van der Waals surface area contributed by atoms with E-state index in [0.29, 0.717) is 0 Å². The maximum absolute atomic E-state index is 13.9. The van der Waals surface area contributed by atoms with E-state index in [-0.39, 0.29) is 18.0 Å². The fourth-order valence-corrected chi connectivity index (χ4v) is 7.60. The monoisotopic (exact) mass is 577 g/mol. The third-order valence-electron chi connectivity index (χ3n) is 7.18. The van der Waals surface area contributed by atoms with Crippen molar-refractivity contribution < 1.29 is 36.0 Å². The van der Waals surface area contributed by atoms with Gasteiger partial charge in [-0.1, -0.05) is 31.0 Å². The van der Waals surface area contributed by atoms with Gasteiger partial charge in [0.1, 0.15) is 5.75 Å². The summed E-state index contributed by atoms with van der Waals surface area (Å²) in [6, 6.07) is 24.7. The molecule has 5 rings (SSSR count). The van der Waals surface area contributed by atoms with Crippen molar-refractivity contribution in [1.82, 2.24) is 0 Å². The Bertz CT molecular complexity index is 1370. The Balaban J connectivity index is 1.40. The molecule has 208 valence electrons. The first-order chi connectivity index (χ1) is 18.5. The molecule has 2 aliphatic rings. The van der Waals surface area contributed by atoms with Crippen molar-refractivity contribution in [2.24, 2.45) is 0 Å². The second-order valence-corrected chi connectivity index (χ2v) is 13.5. The molecule has 1 aliphatic heterocycles. The van der Waals surface area contributed by atoms with Crippen LogP contribution in [0.25, 0.3) is 0 Å². The number of ether oxygens (including phenoxy) is 3.